The van der Waals surface area contributed by atoms with Gasteiger partial charge in [-0.2, -0.15) is 0 Å². The van der Waals surface area contributed by atoms with Gasteiger partial charge in [0.1, 0.15) is 0 Å². The van der Waals surface area contributed by atoms with E-state index in [0.717, 1.165) is 14.7 Å². The molecule has 0 fully saturated rings. The van der Waals surface area contributed by atoms with Crippen LogP contribution in [0.2, 0.25) is 0 Å². The van der Waals surface area contributed by atoms with E-state index in [9.17, 15) is 5.11 Å². The lowest BCUT2D eigenvalue weighted by molar-refractivity contribution is 0.283. The summed E-state index contributed by atoms with van der Waals surface area (Å²) in [7, 11) is 0. The van der Waals surface area contributed by atoms with Crippen LogP contribution in [-0.2, 0) is 11.9 Å². The number of aliphatic hydroxyl groups is 1. The summed E-state index contributed by atoms with van der Waals surface area (Å²) < 4.78 is 2.28. The van der Waals surface area contributed by atoms with Crippen LogP contribution >= 0.6 is 43.2 Å². The van der Waals surface area contributed by atoms with Crippen LogP contribution in [0, 0.1) is 0 Å². The lowest BCUT2D eigenvalue weighted by atomic mass is 10.1. The van der Waals surface area contributed by atoms with Crippen molar-refractivity contribution in [2.24, 2.45) is 0 Å². The number of hydrogen-bond acceptors (Lipinski definition) is 2. The van der Waals surface area contributed by atoms with Crippen LogP contribution in [0.5, 0.6) is 0 Å². The van der Waals surface area contributed by atoms with E-state index < -0.39 is 0 Å². The fourth-order valence-electron chi connectivity index (χ4n) is 1.45. The molecule has 1 N–H and O–H groups in total. The highest BCUT2D eigenvalue weighted by molar-refractivity contribution is 9.11. The van der Waals surface area contributed by atoms with Gasteiger partial charge in [-0.25, -0.2) is 0 Å². The van der Waals surface area contributed by atoms with Crippen LogP contribution in [0.15, 0.2) is 22.0 Å². The average molecular weight is 336 g/mol. The number of benzene rings is 1. The predicted molar refractivity (Wildman–Crippen MR) is 68.1 cm³/mol. The second kappa shape index (κ2) is 4.31. The Bertz CT molecular complexity index is 423. The minimum Gasteiger partial charge on any atom is -0.392 e. The topological polar surface area (TPSA) is 20.2 Å². The number of alkyl halides is 1. The van der Waals surface area contributed by atoms with Crippen molar-refractivity contribution >= 4 is 53.3 Å². The third-order valence-corrected chi connectivity index (χ3v) is 4.46. The van der Waals surface area contributed by atoms with Gasteiger partial charge in [-0.1, -0.05) is 28.1 Å². The van der Waals surface area contributed by atoms with Crippen molar-refractivity contribution in [1.29, 1.82) is 0 Å². The zero-order valence-electron chi connectivity index (χ0n) is 7.26. The van der Waals surface area contributed by atoms with Crippen molar-refractivity contribution in [3.05, 3.63) is 33.1 Å². The Balaban J connectivity index is 2.77. The predicted octanol–water partition coefficient (Wildman–Crippen LogP) is 4.05. The molecule has 0 aliphatic rings. The maximum absolute atomic E-state index is 9.19. The maximum atomic E-state index is 9.19. The zero-order chi connectivity index (χ0) is 10.1. The van der Waals surface area contributed by atoms with Crippen LogP contribution in [0.1, 0.15) is 11.1 Å². The molecule has 0 spiro atoms. The largest absolute Gasteiger partial charge is 0.392 e. The third-order valence-electron chi connectivity index (χ3n) is 2.14. The van der Waals surface area contributed by atoms with E-state index in [1.54, 1.807) is 11.3 Å². The average Bonchev–Trinajstić information content (AvgIpc) is 2.57. The first kappa shape index (κ1) is 10.6. The first-order valence-electron chi connectivity index (χ1n) is 4.13. The summed E-state index contributed by atoms with van der Waals surface area (Å²) >= 11 is 8.60. The second-order valence-corrected chi connectivity index (χ2v) is 5.96. The highest BCUT2D eigenvalue weighted by atomic mass is 79.9. The summed E-state index contributed by atoms with van der Waals surface area (Å²) in [5.74, 6) is 0. The maximum Gasteiger partial charge on any atom is 0.0711 e. The van der Waals surface area contributed by atoms with E-state index in [2.05, 4.69) is 44.0 Å². The highest BCUT2D eigenvalue weighted by Gasteiger charge is 2.08. The van der Waals surface area contributed by atoms with Gasteiger partial charge in [0.15, 0.2) is 0 Å². The fourth-order valence-corrected chi connectivity index (χ4v) is 3.58. The Labute approximate surface area is 103 Å². The van der Waals surface area contributed by atoms with Gasteiger partial charge in [0.2, 0.25) is 0 Å². The zero-order valence-corrected chi connectivity index (χ0v) is 11.2. The summed E-state index contributed by atoms with van der Waals surface area (Å²) in [6.45, 7) is 0.103. The Kier molecular flexibility index (Phi) is 3.27. The van der Waals surface area contributed by atoms with E-state index in [1.807, 2.05) is 6.07 Å². The van der Waals surface area contributed by atoms with Gasteiger partial charge >= 0.3 is 0 Å². The van der Waals surface area contributed by atoms with Crippen molar-refractivity contribution in [1.82, 2.24) is 0 Å². The monoisotopic (exact) mass is 334 g/mol. The molecule has 74 valence electrons. The molecule has 0 unspecified atom stereocenters. The van der Waals surface area contributed by atoms with E-state index in [1.165, 1.54) is 15.6 Å². The smallest absolute Gasteiger partial charge is 0.0711 e. The number of thiophene rings is 1. The molecule has 1 aromatic heterocycles. The highest BCUT2D eigenvalue weighted by Crippen LogP contribution is 2.35. The molecule has 0 saturated carbocycles. The molecule has 0 radical (unpaired) electrons. The van der Waals surface area contributed by atoms with Crippen LogP contribution in [-0.4, -0.2) is 5.11 Å². The van der Waals surface area contributed by atoms with Crippen molar-refractivity contribution < 1.29 is 5.11 Å². The quantitative estimate of drug-likeness (QED) is 0.821. The van der Waals surface area contributed by atoms with Crippen LogP contribution in [0.4, 0.5) is 0 Å². The molecule has 1 heterocycles. The molecule has 0 aliphatic heterocycles. The number of rotatable bonds is 2. The minimum atomic E-state index is 0.103. The molecule has 4 heteroatoms. The van der Waals surface area contributed by atoms with Gasteiger partial charge in [-0.3, -0.25) is 0 Å². The summed E-state index contributed by atoms with van der Waals surface area (Å²) in [6, 6.07) is 6.15. The van der Waals surface area contributed by atoms with Crippen molar-refractivity contribution in [3.8, 4) is 0 Å². The lowest BCUT2D eigenvalue weighted by Gasteiger charge is -2.02. The molecule has 0 aliphatic carbocycles. The van der Waals surface area contributed by atoms with Crippen molar-refractivity contribution in [3.63, 3.8) is 0 Å². The molecule has 0 amide bonds. The molecule has 2 rings (SSSR count). The Morgan fingerprint density at radius 1 is 1.29 bits per heavy atom. The molecule has 0 saturated heterocycles. The van der Waals surface area contributed by atoms with Crippen LogP contribution < -0.4 is 0 Å². The molecular formula is C10H8Br2OS. The number of fused-ring (bicyclic) bond motifs is 1. The Morgan fingerprint density at radius 3 is 2.64 bits per heavy atom. The van der Waals surface area contributed by atoms with Gasteiger partial charge in [-0.15, -0.1) is 11.3 Å². The van der Waals surface area contributed by atoms with E-state index in [-0.39, 0.29) is 6.61 Å². The summed E-state index contributed by atoms with van der Waals surface area (Å²) in [5, 5.41) is 11.3. The standard InChI is InChI=1S/C10H8Br2OS/c11-4-6-1-2-7(5-13)10-8(6)3-9(12)14-10/h1-3,13H,4-5H2. The van der Waals surface area contributed by atoms with Crippen LogP contribution in [0.3, 0.4) is 0 Å². The number of aliphatic hydroxyl groups excluding tert-OH is 1. The summed E-state index contributed by atoms with van der Waals surface area (Å²) in [4.78, 5) is 0. The van der Waals surface area contributed by atoms with E-state index in [4.69, 9.17) is 0 Å². The fraction of sp³-hybridized carbons (Fsp3) is 0.200. The molecule has 0 bridgehead atoms. The van der Waals surface area contributed by atoms with Crippen molar-refractivity contribution in [2.45, 2.75) is 11.9 Å². The first-order valence-corrected chi connectivity index (χ1v) is 6.86. The molecule has 0 atom stereocenters. The second-order valence-electron chi connectivity index (χ2n) is 2.97. The van der Waals surface area contributed by atoms with Gasteiger partial charge in [-0.05, 0) is 38.5 Å². The first-order chi connectivity index (χ1) is 6.76. The number of hydrogen-bond donors (Lipinski definition) is 1. The molecule has 14 heavy (non-hydrogen) atoms. The molecule has 2 aromatic rings. The minimum absolute atomic E-state index is 0.103. The molecular weight excluding hydrogens is 328 g/mol. The van der Waals surface area contributed by atoms with Gasteiger partial charge < -0.3 is 5.11 Å². The third kappa shape index (κ3) is 1.76. The van der Waals surface area contributed by atoms with Crippen LogP contribution in [0.25, 0.3) is 10.1 Å². The van der Waals surface area contributed by atoms with E-state index >= 15 is 0 Å². The summed E-state index contributed by atoms with van der Waals surface area (Å²) in [6.07, 6.45) is 0. The normalized spacial score (nSPS) is 11.1. The molecule has 1 nitrogen and oxygen atoms in total. The van der Waals surface area contributed by atoms with Gasteiger partial charge in [0.25, 0.3) is 0 Å². The number of halogens is 2. The lowest BCUT2D eigenvalue weighted by Crippen LogP contribution is -1.85. The molecule has 1 aromatic carbocycles. The Hall–Kier alpha value is 0.1000. The van der Waals surface area contributed by atoms with Gasteiger partial charge in [0, 0.05) is 10.0 Å². The van der Waals surface area contributed by atoms with E-state index in [0.29, 0.717) is 0 Å². The van der Waals surface area contributed by atoms with Gasteiger partial charge in [0.05, 0.1) is 10.4 Å². The SMILES string of the molecule is OCc1ccc(CBr)c2cc(Br)sc12. The summed E-state index contributed by atoms with van der Waals surface area (Å²) in [5.41, 5.74) is 2.26. The Morgan fingerprint density at radius 2 is 2.00 bits per heavy atom. The van der Waals surface area contributed by atoms with Crippen molar-refractivity contribution in [2.75, 3.05) is 0 Å².